The summed E-state index contributed by atoms with van der Waals surface area (Å²) in [5.74, 6) is -3.62. The molecule has 130 valence electrons. The van der Waals surface area contributed by atoms with Gasteiger partial charge in [-0.1, -0.05) is 37.3 Å². The molecule has 0 aliphatic heterocycles. The monoisotopic (exact) mass is 335 g/mol. The number of hydrogen-bond acceptors (Lipinski definition) is 5. The van der Waals surface area contributed by atoms with Crippen molar-refractivity contribution in [2.45, 2.75) is 19.9 Å². The highest BCUT2D eigenvalue weighted by molar-refractivity contribution is 6.19. The molecule has 0 aliphatic rings. The van der Waals surface area contributed by atoms with E-state index in [1.165, 1.54) is 0 Å². The molecule has 0 spiro atoms. The summed E-state index contributed by atoms with van der Waals surface area (Å²) >= 11 is 0. The lowest BCUT2D eigenvalue weighted by molar-refractivity contribution is -0.138. The van der Waals surface area contributed by atoms with Crippen LogP contribution in [0.5, 0.6) is 0 Å². The average Bonchev–Trinajstić information content (AvgIpc) is 2.57. The number of carboxylic acid groups (broad SMARTS) is 1. The van der Waals surface area contributed by atoms with E-state index in [1.54, 1.807) is 0 Å². The third-order valence-electron chi connectivity index (χ3n) is 2.93. The molecule has 0 bridgehead atoms. The van der Waals surface area contributed by atoms with Crippen LogP contribution in [0.4, 0.5) is 0 Å². The van der Waals surface area contributed by atoms with E-state index in [0.29, 0.717) is 13.0 Å². The molecule has 5 N–H and O–H groups in total. The summed E-state index contributed by atoms with van der Waals surface area (Å²) < 4.78 is 0. The number of nitrogens with one attached hydrogen (secondary N) is 3. The summed E-state index contributed by atoms with van der Waals surface area (Å²) in [6.45, 7) is 1.70. The second-order valence-electron chi connectivity index (χ2n) is 4.90. The fourth-order valence-electron chi connectivity index (χ4n) is 1.76. The van der Waals surface area contributed by atoms with Gasteiger partial charge in [-0.15, -0.1) is 0 Å². The van der Waals surface area contributed by atoms with Crippen LogP contribution in [0.25, 0.3) is 0 Å². The Morgan fingerprint density at radius 3 is 2.17 bits per heavy atom. The highest BCUT2D eigenvalue weighted by Crippen LogP contribution is 2.04. The maximum Gasteiger partial charge on any atom is 0.322 e. The second-order valence-corrected chi connectivity index (χ2v) is 4.90. The van der Waals surface area contributed by atoms with Crippen molar-refractivity contribution < 1.29 is 24.6 Å². The number of benzene rings is 1. The average molecular weight is 335 g/mol. The molecule has 0 heterocycles. The van der Waals surface area contributed by atoms with Gasteiger partial charge in [0.05, 0.1) is 0 Å². The first-order valence-electron chi connectivity index (χ1n) is 7.45. The largest absolute Gasteiger partial charge is 0.494 e. The molecule has 0 saturated carbocycles. The van der Waals surface area contributed by atoms with Gasteiger partial charge in [-0.25, -0.2) is 0 Å². The first-order valence-corrected chi connectivity index (χ1v) is 7.45. The zero-order valence-electron chi connectivity index (χ0n) is 13.3. The van der Waals surface area contributed by atoms with E-state index >= 15 is 0 Å². The summed E-state index contributed by atoms with van der Waals surface area (Å²) in [6.07, 6.45) is 0.647. The van der Waals surface area contributed by atoms with Crippen molar-refractivity contribution in [3.05, 3.63) is 47.4 Å². The van der Waals surface area contributed by atoms with Gasteiger partial charge >= 0.3 is 5.97 Å². The topological polar surface area (TPSA) is 128 Å². The maximum atomic E-state index is 12.1. The molecule has 0 unspecified atom stereocenters. The Balaban J connectivity index is 2.88. The molecule has 1 rings (SSSR count). The van der Waals surface area contributed by atoms with Crippen molar-refractivity contribution in [3.63, 3.8) is 0 Å². The number of aliphatic carboxylic acids is 1. The van der Waals surface area contributed by atoms with E-state index < -0.39 is 35.8 Å². The van der Waals surface area contributed by atoms with Gasteiger partial charge in [0.15, 0.2) is 5.57 Å². The standard InChI is InChI=1S/C16H21N3O5/c1-2-8-17-14(22)13(16(24)19-10-12(20)21)15(23)18-9-11-6-4-3-5-7-11/h3-7,18,23H,2,8-10H2,1H3,(H,17,22)(H,19,24)(H,20,21). The van der Waals surface area contributed by atoms with E-state index in [4.69, 9.17) is 5.11 Å². The highest BCUT2D eigenvalue weighted by atomic mass is 16.4. The number of amides is 2. The number of aliphatic hydroxyl groups is 1. The number of aliphatic hydroxyl groups excluding tert-OH is 1. The Morgan fingerprint density at radius 2 is 1.58 bits per heavy atom. The molecule has 24 heavy (non-hydrogen) atoms. The minimum atomic E-state index is -1.26. The van der Waals surface area contributed by atoms with Crippen LogP contribution in [0, 0.1) is 0 Å². The van der Waals surface area contributed by atoms with Crippen molar-refractivity contribution in [2.75, 3.05) is 13.1 Å². The minimum absolute atomic E-state index is 0.198. The zero-order chi connectivity index (χ0) is 17.9. The fraction of sp³-hybridized carbons (Fsp3) is 0.312. The Morgan fingerprint density at radius 1 is 0.958 bits per heavy atom. The van der Waals surface area contributed by atoms with Gasteiger partial charge in [0.25, 0.3) is 11.8 Å². The molecule has 0 radical (unpaired) electrons. The molecular weight excluding hydrogens is 314 g/mol. The lowest BCUT2D eigenvalue weighted by Gasteiger charge is -2.12. The van der Waals surface area contributed by atoms with Crippen molar-refractivity contribution in [3.8, 4) is 0 Å². The number of hydrogen-bond donors (Lipinski definition) is 5. The number of rotatable bonds is 9. The van der Waals surface area contributed by atoms with Crippen molar-refractivity contribution in [2.24, 2.45) is 0 Å². The van der Waals surface area contributed by atoms with Crippen LogP contribution in [0.1, 0.15) is 18.9 Å². The molecule has 1 aromatic carbocycles. The Bertz CT molecular complexity index is 613. The minimum Gasteiger partial charge on any atom is -0.494 e. The third-order valence-corrected chi connectivity index (χ3v) is 2.93. The SMILES string of the molecule is CCCNC(=O)C(C(=O)NCC(=O)O)=C(O)NCc1ccccc1. The summed E-state index contributed by atoms with van der Waals surface area (Å²) in [7, 11) is 0. The maximum absolute atomic E-state index is 12.1. The Labute approximate surface area is 139 Å². The van der Waals surface area contributed by atoms with E-state index in [9.17, 15) is 19.5 Å². The molecule has 0 fully saturated rings. The molecule has 2 amide bonds. The number of carbonyl (C=O) groups is 3. The summed E-state index contributed by atoms with van der Waals surface area (Å²) in [5.41, 5.74) is 0.281. The van der Waals surface area contributed by atoms with Crippen LogP contribution < -0.4 is 16.0 Å². The van der Waals surface area contributed by atoms with E-state index in [2.05, 4.69) is 16.0 Å². The first kappa shape index (κ1) is 19.0. The predicted molar refractivity (Wildman–Crippen MR) is 86.9 cm³/mol. The number of carbonyl (C=O) groups excluding carboxylic acids is 2. The van der Waals surface area contributed by atoms with Crippen LogP contribution in [0.15, 0.2) is 41.8 Å². The van der Waals surface area contributed by atoms with Crippen LogP contribution in [0.2, 0.25) is 0 Å². The van der Waals surface area contributed by atoms with Crippen LogP contribution in [0.3, 0.4) is 0 Å². The van der Waals surface area contributed by atoms with E-state index in [-0.39, 0.29) is 6.54 Å². The van der Waals surface area contributed by atoms with Crippen LogP contribution in [-0.2, 0) is 20.9 Å². The quantitative estimate of drug-likeness (QED) is 0.191. The predicted octanol–water partition coefficient (Wildman–Crippen LogP) is 0.273. The molecule has 1 aromatic rings. The van der Waals surface area contributed by atoms with E-state index in [1.807, 2.05) is 37.3 Å². The first-order chi connectivity index (χ1) is 11.5. The molecule has 8 heteroatoms. The summed E-state index contributed by atoms with van der Waals surface area (Å²) in [6, 6.07) is 9.07. The fourth-order valence-corrected chi connectivity index (χ4v) is 1.76. The molecule has 0 aliphatic carbocycles. The highest BCUT2D eigenvalue weighted by Gasteiger charge is 2.23. The van der Waals surface area contributed by atoms with Gasteiger partial charge in [-0.05, 0) is 12.0 Å². The van der Waals surface area contributed by atoms with Gasteiger partial charge in [0.1, 0.15) is 6.54 Å². The molecule has 0 saturated heterocycles. The van der Waals surface area contributed by atoms with Gasteiger partial charge in [-0.3, -0.25) is 14.4 Å². The Hall–Kier alpha value is -3.03. The number of carboxylic acids is 1. The van der Waals surface area contributed by atoms with Crippen molar-refractivity contribution >= 4 is 17.8 Å². The van der Waals surface area contributed by atoms with Crippen LogP contribution >= 0.6 is 0 Å². The Kier molecular flexibility index (Phi) is 7.83. The zero-order valence-corrected chi connectivity index (χ0v) is 13.3. The van der Waals surface area contributed by atoms with Gasteiger partial charge < -0.3 is 26.2 Å². The van der Waals surface area contributed by atoms with Gasteiger partial charge in [0.2, 0.25) is 5.88 Å². The smallest absolute Gasteiger partial charge is 0.322 e. The summed E-state index contributed by atoms with van der Waals surface area (Å²) in [4.78, 5) is 34.6. The third kappa shape index (κ3) is 6.39. The second kappa shape index (κ2) is 9.88. The molecular formula is C16H21N3O5. The lowest BCUT2D eigenvalue weighted by Crippen LogP contribution is -2.39. The normalized spacial score (nSPS) is 11.2. The summed E-state index contributed by atoms with van der Waals surface area (Å²) in [5, 5.41) is 25.8. The van der Waals surface area contributed by atoms with Gasteiger partial charge in [0, 0.05) is 13.1 Å². The molecule has 0 aromatic heterocycles. The lowest BCUT2D eigenvalue weighted by atomic mass is 10.2. The van der Waals surface area contributed by atoms with Gasteiger partial charge in [-0.2, -0.15) is 0 Å². The molecule has 0 atom stereocenters. The van der Waals surface area contributed by atoms with Crippen molar-refractivity contribution in [1.29, 1.82) is 0 Å². The van der Waals surface area contributed by atoms with Crippen LogP contribution in [-0.4, -0.2) is 41.1 Å². The molecule has 8 nitrogen and oxygen atoms in total. The van der Waals surface area contributed by atoms with E-state index in [0.717, 1.165) is 5.56 Å². The van der Waals surface area contributed by atoms with Crippen molar-refractivity contribution in [1.82, 2.24) is 16.0 Å².